The Morgan fingerprint density at radius 3 is 2.42 bits per heavy atom. The van der Waals surface area contributed by atoms with Gasteiger partial charge in [-0.1, -0.05) is 13.0 Å². The summed E-state index contributed by atoms with van der Waals surface area (Å²) in [4.78, 5) is 23.1. The predicted octanol–water partition coefficient (Wildman–Crippen LogP) is 1.71. The maximum Gasteiger partial charge on any atom is 0.411 e. The number of carbonyl (C=O) groups excluding carboxylic acids is 2. The van der Waals surface area contributed by atoms with E-state index in [-0.39, 0.29) is 17.9 Å². The number of benzene rings is 1. The lowest BCUT2D eigenvalue weighted by Gasteiger charge is -2.14. The minimum atomic E-state index is -0.692. The number of ether oxygens (including phenoxy) is 2. The summed E-state index contributed by atoms with van der Waals surface area (Å²) in [6.07, 6.45) is -0.129. The monoisotopic (exact) mass is 267 g/mol. The van der Waals surface area contributed by atoms with E-state index in [9.17, 15) is 14.7 Å². The zero-order valence-electron chi connectivity index (χ0n) is 11.1. The van der Waals surface area contributed by atoms with Gasteiger partial charge < -0.3 is 14.6 Å². The summed E-state index contributed by atoms with van der Waals surface area (Å²) < 4.78 is 9.22. The molecule has 0 saturated heterocycles. The molecule has 0 aliphatic carbocycles. The van der Waals surface area contributed by atoms with E-state index >= 15 is 0 Å². The van der Waals surface area contributed by atoms with E-state index in [0.29, 0.717) is 17.5 Å². The van der Waals surface area contributed by atoms with Gasteiger partial charge in [0, 0.05) is 0 Å². The van der Waals surface area contributed by atoms with Crippen LogP contribution >= 0.6 is 0 Å². The lowest BCUT2D eigenvalue weighted by Crippen LogP contribution is -2.17. The number of rotatable bonds is 4. The van der Waals surface area contributed by atoms with Crippen molar-refractivity contribution in [1.82, 2.24) is 0 Å². The first-order valence-electron chi connectivity index (χ1n) is 5.77. The van der Waals surface area contributed by atoms with Crippen molar-refractivity contribution in [3.05, 3.63) is 28.8 Å². The van der Waals surface area contributed by atoms with Crippen LogP contribution in [-0.2, 0) is 22.5 Å². The molecule has 0 fully saturated rings. The minimum Gasteiger partial charge on any atom is -0.465 e. The van der Waals surface area contributed by atoms with Crippen LogP contribution in [0.5, 0.6) is 0 Å². The molecule has 1 aromatic carbocycles. The number of aliphatic hydroxyl groups is 1. The number of methoxy groups -OCH3 is 2. The molecule has 0 aliphatic rings. The average molecular weight is 267 g/mol. The third-order valence-electron chi connectivity index (χ3n) is 2.65. The molecule has 0 saturated carbocycles. The van der Waals surface area contributed by atoms with Crippen molar-refractivity contribution in [2.45, 2.75) is 20.0 Å². The number of amides is 1. The summed E-state index contributed by atoms with van der Waals surface area (Å²) >= 11 is 0. The van der Waals surface area contributed by atoms with Gasteiger partial charge in [-0.25, -0.2) is 9.59 Å². The maximum atomic E-state index is 11.8. The fraction of sp³-hybridized carbons (Fsp3) is 0.385. The zero-order chi connectivity index (χ0) is 14.4. The van der Waals surface area contributed by atoms with E-state index < -0.39 is 12.1 Å². The van der Waals surface area contributed by atoms with Crippen LogP contribution in [0.2, 0.25) is 0 Å². The Kier molecular flexibility index (Phi) is 5.32. The highest BCUT2D eigenvalue weighted by Gasteiger charge is 2.19. The van der Waals surface area contributed by atoms with E-state index in [1.807, 2.05) is 6.92 Å². The maximum absolute atomic E-state index is 11.8. The number of aliphatic hydroxyl groups excluding tert-OH is 1. The summed E-state index contributed by atoms with van der Waals surface area (Å²) in [6, 6.07) is 3.22. The number of esters is 1. The van der Waals surface area contributed by atoms with Crippen LogP contribution in [-0.4, -0.2) is 31.4 Å². The van der Waals surface area contributed by atoms with E-state index in [2.05, 4.69) is 10.1 Å². The first-order chi connectivity index (χ1) is 9.07. The highest BCUT2D eigenvalue weighted by Crippen LogP contribution is 2.24. The van der Waals surface area contributed by atoms with E-state index in [0.717, 1.165) is 0 Å². The molecular formula is C13H17NO5. The molecule has 1 aromatic rings. The normalized spacial score (nSPS) is 9.89. The second-order valence-corrected chi connectivity index (χ2v) is 3.80. The third kappa shape index (κ3) is 3.45. The van der Waals surface area contributed by atoms with Crippen LogP contribution in [0.3, 0.4) is 0 Å². The van der Waals surface area contributed by atoms with Crippen molar-refractivity contribution in [1.29, 1.82) is 0 Å². The summed E-state index contributed by atoms with van der Waals surface area (Å²) in [5.74, 6) is -0.548. The van der Waals surface area contributed by atoms with Crippen molar-refractivity contribution in [2.24, 2.45) is 0 Å². The molecule has 19 heavy (non-hydrogen) atoms. The second kappa shape index (κ2) is 6.75. The Balaban J connectivity index is 3.36. The molecule has 0 heterocycles. The Bertz CT molecular complexity index is 484. The fourth-order valence-electron chi connectivity index (χ4n) is 1.74. The molecule has 0 aromatic heterocycles. The van der Waals surface area contributed by atoms with Gasteiger partial charge in [-0.15, -0.1) is 0 Å². The lowest BCUT2D eigenvalue weighted by atomic mass is 9.99. The number of carbonyl (C=O) groups is 2. The number of aryl methyl sites for hydroxylation is 1. The molecule has 0 unspecified atom stereocenters. The zero-order valence-corrected chi connectivity index (χ0v) is 11.1. The Morgan fingerprint density at radius 1 is 1.26 bits per heavy atom. The standard InChI is InChI=1S/C13H17NO5/c1-4-9-5-8(7-15)6-10(14-13(17)19-3)11(9)12(16)18-2/h5-6,15H,4,7H2,1-3H3,(H,14,17). The number of nitrogens with one attached hydrogen (secondary N) is 1. The SMILES string of the molecule is CCc1cc(CO)cc(NC(=O)OC)c1C(=O)OC. The van der Waals surface area contributed by atoms with E-state index in [1.54, 1.807) is 6.07 Å². The quantitative estimate of drug-likeness (QED) is 0.811. The smallest absolute Gasteiger partial charge is 0.411 e. The summed E-state index contributed by atoms with van der Waals surface area (Å²) in [6.45, 7) is 1.68. The molecule has 0 radical (unpaired) electrons. The molecule has 2 N–H and O–H groups in total. The third-order valence-corrected chi connectivity index (χ3v) is 2.65. The largest absolute Gasteiger partial charge is 0.465 e. The van der Waals surface area contributed by atoms with Gasteiger partial charge in [0.2, 0.25) is 0 Å². The molecule has 1 rings (SSSR count). The van der Waals surface area contributed by atoms with Gasteiger partial charge >= 0.3 is 12.1 Å². The highest BCUT2D eigenvalue weighted by atomic mass is 16.5. The molecule has 6 heteroatoms. The first kappa shape index (κ1) is 15.0. The second-order valence-electron chi connectivity index (χ2n) is 3.80. The van der Waals surface area contributed by atoms with Crippen LogP contribution in [0, 0.1) is 0 Å². The van der Waals surface area contributed by atoms with Gasteiger partial charge in [-0.3, -0.25) is 5.32 Å². The fourth-order valence-corrected chi connectivity index (χ4v) is 1.74. The molecule has 104 valence electrons. The van der Waals surface area contributed by atoms with Gasteiger partial charge in [-0.2, -0.15) is 0 Å². The summed E-state index contributed by atoms with van der Waals surface area (Å²) in [5, 5.41) is 11.7. The Labute approximate surface area is 111 Å². The number of anilines is 1. The van der Waals surface area contributed by atoms with Gasteiger partial charge in [0.15, 0.2) is 0 Å². The summed E-state index contributed by atoms with van der Waals surface area (Å²) in [5.41, 5.74) is 1.82. The first-order valence-corrected chi connectivity index (χ1v) is 5.77. The minimum absolute atomic E-state index is 0.190. The van der Waals surface area contributed by atoms with Crippen molar-refractivity contribution in [3.8, 4) is 0 Å². The van der Waals surface area contributed by atoms with Crippen LogP contribution < -0.4 is 5.32 Å². The van der Waals surface area contributed by atoms with Crippen molar-refractivity contribution in [2.75, 3.05) is 19.5 Å². The summed E-state index contributed by atoms with van der Waals surface area (Å²) in [7, 11) is 2.49. The average Bonchev–Trinajstić information content (AvgIpc) is 2.45. The van der Waals surface area contributed by atoms with Crippen LogP contribution in [0.4, 0.5) is 10.5 Å². The number of hydrogen-bond donors (Lipinski definition) is 2. The van der Waals surface area contributed by atoms with Gasteiger partial charge in [-0.05, 0) is 23.6 Å². The van der Waals surface area contributed by atoms with Gasteiger partial charge in [0.25, 0.3) is 0 Å². The lowest BCUT2D eigenvalue weighted by molar-refractivity contribution is 0.0600. The van der Waals surface area contributed by atoms with Crippen LogP contribution in [0.25, 0.3) is 0 Å². The Hall–Kier alpha value is -2.08. The van der Waals surface area contributed by atoms with Crippen molar-refractivity contribution >= 4 is 17.7 Å². The van der Waals surface area contributed by atoms with Gasteiger partial charge in [0.1, 0.15) is 0 Å². The molecule has 0 spiro atoms. The van der Waals surface area contributed by atoms with Crippen LogP contribution in [0.15, 0.2) is 12.1 Å². The van der Waals surface area contributed by atoms with Gasteiger partial charge in [0.05, 0.1) is 32.1 Å². The molecule has 1 amide bonds. The van der Waals surface area contributed by atoms with E-state index in [4.69, 9.17) is 4.74 Å². The molecule has 0 bridgehead atoms. The van der Waals surface area contributed by atoms with Crippen molar-refractivity contribution < 1.29 is 24.2 Å². The predicted molar refractivity (Wildman–Crippen MR) is 69.1 cm³/mol. The highest BCUT2D eigenvalue weighted by molar-refractivity contribution is 6.01. The number of hydrogen-bond acceptors (Lipinski definition) is 5. The topological polar surface area (TPSA) is 84.9 Å². The Morgan fingerprint density at radius 2 is 1.95 bits per heavy atom. The van der Waals surface area contributed by atoms with E-state index in [1.165, 1.54) is 20.3 Å². The molecule has 0 atom stereocenters. The van der Waals surface area contributed by atoms with Crippen LogP contribution in [0.1, 0.15) is 28.4 Å². The van der Waals surface area contributed by atoms with Crippen molar-refractivity contribution in [3.63, 3.8) is 0 Å². The molecule has 0 aliphatic heterocycles. The molecular weight excluding hydrogens is 250 g/mol. The molecule has 6 nitrogen and oxygen atoms in total.